The van der Waals surface area contributed by atoms with Gasteiger partial charge >= 0.3 is 0 Å². The van der Waals surface area contributed by atoms with Crippen molar-refractivity contribution in [3.8, 4) is 5.75 Å². The van der Waals surface area contributed by atoms with Crippen LogP contribution in [0.5, 0.6) is 5.75 Å². The fourth-order valence-corrected chi connectivity index (χ4v) is 3.10. The summed E-state index contributed by atoms with van der Waals surface area (Å²) in [6.07, 6.45) is 3.74. The lowest BCUT2D eigenvalue weighted by atomic mass is 10.1. The number of rotatable bonds is 7. The summed E-state index contributed by atoms with van der Waals surface area (Å²) >= 11 is 0. The summed E-state index contributed by atoms with van der Waals surface area (Å²) in [4.78, 5) is 24.5. The normalized spacial score (nSPS) is 16.3. The van der Waals surface area contributed by atoms with Gasteiger partial charge in [-0.15, -0.1) is 0 Å². The van der Waals surface area contributed by atoms with Gasteiger partial charge in [0.1, 0.15) is 13.2 Å². The van der Waals surface area contributed by atoms with Gasteiger partial charge in [0, 0.05) is 24.9 Å². The van der Waals surface area contributed by atoms with Crippen molar-refractivity contribution in [1.82, 2.24) is 9.88 Å². The average molecular weight is 370 g/mol. The van der Waals surface area contributed by atoms with Crippen molar-refractivity contribution >= 4 is 5.91 Å². The van der Waals surface area contributed by atoms with Crippen molar-refractivity contribution in [2.24, 2.45) is 0 Å². The predicted molar refractivity (Wildman–Crippen MR) is 103 cm³/mol. The van der Waals surface area contributed by atoms with E-state index in [1.807, 2.05) is 31.2 Å². The Morgan fingerprint density at radius 2 is 2.15 bits per heavy atom. The fraction of sp³-hybridized carbons (Fsp3) is 0.429. The maximum atomic E-state index is 12.2. The molecule has 1 fully saturated rings. The number of amides is 1. The number of nitrogens with one attached hydrogen (secondary N) is 1. The third kappa shape index (κ3) is 5.20. The van der Waals surface area contributed by atoms with E-state index in [4.69, 9.17) is 9.47 Å². The first-order valence-electron chi connectivity index (χ1n) is 9.29. The van der Waals surface area contributed by atoms with Crippen LogP contribution in [-0.4, -0.2) is 29.7 Å². The Kier molecular flexibility index (Phi) is 6.29. The first-order valence-corrected chi connectivity index (χ1v) is 9.29. The predicted octanol–water partition coefficient (Wildman–Crippen LogP) is 2.34. The Hall–Kier alpha value is -2.60. The molecule has 0 saturated carbocycles. The van der Waals surface area contributed by atoms with Crippen LogP contribution in [0, 0.1) is 13.8 Å². The second-order valence-corrected chi connectivity index (χ2v) is 6.93. The van der Waals surface area contributed by atoms with Crippen LogP contribution in [-0.2, 0) is 22.7 Å². The third-order valence-corrected chi connectivity index (χ3v) is 4.82. The molecular formula is C21H26N2O4. The van der Waals surface area contributed by atoms with E-state index in [9.17, 15) is 9.59 Å². The third-order valence-electron chi connectivity index (χ3n) is 4.82. The highest BCUT2D eigenvalue weighted by Gasteiger charge is 2.16. The molecule has 0 spiro atoms. The molecule has 0 radical (unpaired) electrons. The number of carbonyl (C=O) groups excluding carboxylic acids is 1. The molecule has 1 saturated heterocycles. The van der Waals surface area contributed by atoms with E-state index in [0.29, 0.717) is 13.2 Å². The molecule has 1 aromatic carbocycles. The lowest BCUT2D eigenvalue weighted by Gasteiger charge is -2.15. The number of aromatic nitrogens is 1. The van der Waals surface area contributed by atoms with Crippen LogP contribution < -0.4 is 15.5 Å². The second kappa shape index (κ2) is 8.86. The fourth-order valence-electron chi connectivity index (χ4n) is 3.10. The summed E-state index contributed by atoms with van der Waals surface area (Å²) in [5.41, 5.74) is 2.67. The lowest BCUT2D eigenvalue weighted by molar-refractivity contribution is -0.122. The van der Waals surface area contributed by atoms with Gasteiger partial charge in [0.2, 0.25) is 11.3 Å². The van der Waals surface area contributed by atoms with Gasteiger partial charge in [-0.1, -0.05) is 24.3 Å². The minimum atomic E-state index is -0.183. The van der Waals surface area contributed by atoms with Crippen LogP contribution in [0.15, 0.2) is 41.3 Å². The smallest absolute Gasteiger partial charge is 0.240 e. The molecule has 6 nitrogen and oxygen atoms in total. The molecule has 1 unspecified atom stereocenters. The van der Waals surface area contributed by atoms with E-state index in [-0.39, 0.29) is 29.7 Å². The zero-order chi connectivity index (χ0) is 19.2. The minimum Gasteiger partial charge on any atom is -0.483 e. The molecule has 6 heteroatoms. The molecule has 1 N–H and O–H groups in total. The van der Waals surface area contributed by atoms with Gasteiger partial charge in [0.25, 0.3) is 0 Å². The zero-order valence-electron chi connectivity index (χ0n) is 15.9. The first-order chi connectivity index (χ1) is 13.0. The molecule has 1 amide bonds. The quantitative estimate of drug-likeness (QED) is 0.812. The standard InChI is InChI=1S/C21H26N2O4/c1-15-6-3-4-7-17(15)14-27-20-12-23(16(2)10-19(20)24)13-21(25)22-11-18-8-5-9-26-18/h3-4,6-7,10,12,18H,5,8-9,11,13-14H2,1-2H3,(H,22,25). The summed E-state index contributed by atoms with van der Waals surface area (Å²) in [5, 5.41) is 2.90. The second-order valence-electron chi connectivity index (χ2n) is 6.93. The van der Waals surface area contributed by atoms with Crippen molar-refractivity contribution < 1.29 is 14.3 Å². The van der Waals surface area contributed by atoms with Gasteiger partial charge in [-0.05, 0) is 37.8 Å². The minimum absolute atomic E-state index is 0.108. The van der Waals surface area contributed by atoms with Crippen molar-refractivity contribution in [2.45, 2.75) is 45.9 Å². The van der Waals surface area contributed by atoms with Crippen LogP contribution in [0.1, 0.15) is 29.7 Å². The van der Waals surface area contributed by atoms with Crippen molar-refractivity contribution in [3.05, 3.63) is 63.6 Å². The number of aryl methyl sites for hydroxylation is 2. The van der Waals surface area contributed by atoms with E-state index in [0.717, 1.165) is 36.3 Å². The van der Waals surface area contributed by atoms with Crippen LogP contribution >= 0.6 is 0 Å². The summed E-state index contributed by atoms with van der Waals surface area (Å²) in [6.45, 7) is 5.55. The van der Waals surface area contributed by atoms with Gasteiger partial charge in [0.15, 0.2) is 5.75 Å². The van der Waals surface area contributed by atoms with E-state index in [1.54, 1.807) is 17.7 Å². The summed E-state index contributed by atoms with van der Waals surface area (Å²) in [7, 11) is 0. The number of hydrogen-bond acceptors (Lipinski definition) is 4. The topological polar surface area (TPSA) is 69.6 Å². The number of ether oxygens (including phenoxy) is 2. The van der Waals surface area contributed by atoms with Gasteiger partial charge in [-0.2, -0.15) is 0 Å². The Balaban J connectivity index is 1.63. The highest BCUT2D eigenvalue weighted by molar-refractivity contribution is 5.75. The van der Waals surface area contributed by atoms with Crippen molar-refractivity contribution in [2.75, 3.05) is 13.2 Å². The maximum absolute atomic E-state index is 12.2. The Bertz CT molecular complexity index is 854. The van der Waals surface area contributed by atoms with Gasteiger partial charge in [-0.3, -0.25) is 9.59 Å². The van der Waals surface area contributed by atoms with Crippen LogP contribution in [0.25, 0.3) is 0 Å². The maximum Gasteiger partial charge on any atom is 0.240 e. The molecule has 1 aromatic heterocycles. The van der Waals surface area contributed by atoms with Crippen molar-refractivity contribution in [1.29, 1.82) is 0 Å². The molecule has 0 bridgehead atoms. The zero-order valence-corrected chi connectivity index (χ0v) is 15.9. The summed E-state index contributed by atoms with van der Waals surface area (Å²) in [6, 6.07) is 9.39. The van der Waals surface area contributed by atoms with Crippen LogP contribution in [0.4, 0.5) is 0 Å². The molecule has 1 aliphatic heterocycles. The molecule has 1 aliphatic rings. The summed E-state index contributed by atoms with van der Waals surface area (Å²) < 4.78 is 13.0. The monoisotopic (exact) mass is 370 g/mol. The number of carbonyl (C=O) groups is 1. The van der Waals surface area contributed by atoms with E-state index in [2.05, 4.69) is 5.32 Å². The highest BCUT2D eigenvalue weighted by atomic mass is 16.5. The van der Waals surface area contributed by atoms with Crippen LogP contribution in [0.2, 0.25) is 0 Å². The number of hydrogen-bond donors (Lipinski definition) is 1. The Labute approximate surface area is 159 Å². The molecule has 144 valence electrons. The van der Waals surface area contributed by atoms with Crippen molar-refractivity contribution in [3.63, 3.8) is 0 Å². The van der Waals surface area contributed by atoms with Gasteiger partial charge < -0.3 is 19.4 Å². The Morgan fingerprint density at radius 3 is 2.89 bits per heavy atom. The summed E-state index contributed by atoms with van der Waals surface area (Å²) in [5.74, 6) is 0.137. The molecule has 2 aromatic rings. The number of benzene rings is 1. The molecule has 27 heavy (non-hydrogen) atoms. The van der Waals surface area contributed by atoms with E-state index in [1.165, 1.54) is 6.07 Å². The van der Waals surface area contributed by atoms with Gasteiger partial charge in [-0.25, -0.2) is 0 Å². The van der Waals surface area contributed by atoms with E-state index < -0.39 is 0 Å². The van der Waals surface area contributed by atoms with E-state index >= 15 is 0 Å². The molecular weight excluding hydrogens is 344 g/mol. The number of nitrogens with zero attached hydrogens (tertiary/aromatic N) is 1. The average Bonchev–Trinajstić information content (AvgIpc) is 3.16. The SMILES string of the molecule is Cc1ccccc1COc1cn(CC(=O)NCC2CCCO2)c(C)cc1=O. The largest absolute Gasteiger partial charge is 0.483 e. The Morgan fingerprint density at radius 1 is 1.33 bits per heavy atom. The lowest BCUT2D eigenvalue weighted by Crippen LogP contribution is -2.34. The number of pyridine rings is 1. The highest BCUT2D eigenvalue weighted by Crippen LogP contribution is 2.13. The first kappa shape index (κ1) is 19.2. The molecule has 1 atom stereocenters. The molecule has 0 aliphatic carbocycles. The molecule has 3 rings (SSSR count). The molecule has 2 heterocycles. The van der Waals surface area contributed by atoms with Crippen LogP contribution in [0.3, 0.4) is 0 Å². The van der Waals surface area contributed by atoms with Gasteiger partial charge in [0.05, 0.1) is 12.3 Å².